The smallest absolute Gasteiger partial charge is 0.395 e. The van der Waals surface area contributed by atoms with Gasteiger partial charge in [0.15, 0.2) is 21.3 Å². The summed E-state index contributed by atoms with van der Waals surface area (Å²) in [5.41, 5.74) is 3.03. The Labute approximate surface area is 224 Å². The van der Waals surface area contributed by atoms with E-state index in [9.17, 15) is 22.0 Å². The Morgan fingerprint density at radius 3 is 2.51 bits per heavy atom. The first-order valence-corrected chi connectivity index (χ1v) is 14.2. The second kappa shape index (κ2) is 9.96. The first-order chi connectivity index (χ1) is 18.5. The zero-order valence-corrected chi connectivity index (χ0v) is 22.4. The number of sulfone groups is 1. The number of hydrogen-bond acceptors (Lipinski definition) is 6. The van der Waals surface area contributed by atoms with Crippen LogP contribution in [0.15, 0.2) is 65.6 Å². The molecule has 1 amide bonds. The third-order valence-electron chi connectivity index (χ3n) is 6.75. The SMILES string of the molecule is CCc1nc2cc(C(=O)NCc3ccc(S(=O)(=O)CC)cc3)ccc2n1C(C)c1cccc2c1OC(F)(F)O2. The molecule has 1 aromatic heterocycles. The summed E-state index contributed by atoms with van der Waals surface area (Å²) < 4.78 is 62.9. The number of amides is 1. The summed E-state index contributed by atoms with van der Waals surface area (Å²) in [6, 6.07) is 16.0. The molecule has 0 bridgehead atoms. The summed E-state index contributed by atoms with van der Waals surface area (Å²) in [6.45, 7) is 5.62. The van der Waals surface area contributed by atoms with Crippen LogP contribution in [-0.4, -0.2) is 35.9 Å². The third-order valence-corrected chi connectivity index (χ3v) is 8.50. The zero-order valence-electron chi connectivity index (χ0n) is 21.6. The lowest BCUT2D eigenvalue weighted by atomic mass is 10.1. The highest BCUT2D eigenvalue weighted by atomic mass is 32.2. The molecule has 1 aliphatic heterocycles. The van der Waals surface area contributed by atoms with Gasteiger partial charge in [-0.15, -0.1) is 8.78 Å². The van der Waals surface area contributed by atoms with E-state index in [0.29, 0.717) is 23.1 Å². The van der Waals surface area contributed by atoms with Gasteiger partial charge < -0.3 is 19.4 Å². The van der Waals surface area contributed by atoms with E-state index in [4.69, 9.17) is 9.72 Å². The number of imidazole rings is 1. The molecule has 8 nitrogen and oxygen atoms in total. The highest BCUT2D eigenvalue weighted by molar-refractivity contribution is 7.91. The predicted octanol–water partition coefficient (Wildman–Crippen LogP) is 5.25. The minimum atomic E-state index is -3.72. The van der Waals surface area contributed by atoms with E-state index < -0.39 is 22.2 Å². The molecule has 0 fully saturated rings. The van der Waals surface area contributed by atoms with Gasteiger partial charge in [-0.25, -0.2) is 13.4 Å². The molecule has 1 aliphatic rings. The van der Waals surface area contributed by atoms with E-state index >= 15 is 0 Å². The third kappa shape index (κ3) is 5.06. The quantitative estimate of drug-likeness (QED) is 0.319. The number of aromatic nitrogens is 2. The Morgan fingerprint density at radius 1 is 1.08 bits per heavy atom. The molecule has 0 spiro atoms. The first kappa shape index (κ1) is 26.6. The number of fused-ring (bicyclic) bond motifs is 2. The van der Waals surface area contributed by atoms with Gasteiger partial charge in [0.05, 0.1) is 27.7 Å². The van der Waals surface area contributed by atoms with Crippen molar-refractivity contribution in [1.29, 1.82) is 0 Å². The van der Waals surface area contributed by atoms with E-state index in [1.165, 1.54) is 18.2 Å². The minimum absolute atomic E-state index is 0.00442. The number of halogens is 2. The van der Waals surface area contributed by atoms with Crippen LogP contribution in [0.5, 0.6) is 11.5 Å². The number of carbonyl (C=O) groups excluding carboxylic acids is 1. The van der Waals surface area contributed by atoms with Crippen LogP contribution in [0.25, 0.3) is 11.0 Å². The van der Waals surface area contributed by atoms with Gasteiger partial charge >= 0.3 is 6.29 Å². The lowest BCUT2D eigenvalue weighted by Gasteiger charge is -2.19. The van der Waals surface area contributed by atoms with Crippen LogP contribution in [0.3, 0.4) is 0 Å². The van der Waals surface area contributed by atoms with Gasteiger partial charge in [-0.2, -0.15) is 0 Å². The molecule has 1 unspecified atom stereocenters. The highest BCUT2D eigenvalue weighted by Crippen LogP contribution is 2.46. The fourth-order valence-corrected chi connectivity index (χ4v) is 5.58. The van der Waals surface area contributed by atoms with Gasteiger partial charge in [0.25, 0.3) is 5.91 Å². The summed E-state index contributed by atoms with van der Waals surface area (Å²) in [4.78, 5) is 17.9. The molecular weight excluding hydrogens is 528 g/mol. The molecule has 204 valence electrons. The molecule has 2 heterocycles. The van der Waals surface area contributed by atoms with E-state index in [2.05, 4.69) is 10.1 Å². The van der Waals surface area contributed by atoms with Crippen molar-refractivity contribution in [3.8, 4) is 11.5 Å². The number of para-hydroxylation sites is 1. The average Bonchev–Trinajstić information content (AvgIpc) is 3.46. The van der Waals surface area contributed by atoms with E-state index in [-0.39, 0.29) is 34.6 Å². The number of nitrogens with one attached hydrogen (secondary N) is 1. The van der Waals surface area contributed by atoms with Crippen LogP contribution < -0.4 is 14.8 Å². The Hall–Kier alpha value is -3.99. The Balaban J connectivity index is 1.38. The number of aryl methyl sites for hydroxylation is 1. The molecule has 4 aromatic rings. The molecule has 0 radical (unpaired) electrons. The number of benzene rings is 3. The number of nitrogens with zero attached hydrogens (tertiary/aromatic N) is 2. The second-order valence-corrected chi connectivity index (χ2v) is 11.5. The van der Waals surface area contributed by atoms with Crippen molar-refractivity contribution in [2.75, 3.05) is 5.75 Å². The largest absolute Gasteiger partial charge is 0.586 e. The van der Waals surface area contributed by atoms with Gasteiger partial charge in [-0.3, -0.25) is 4.79 Å². The Morgan fingerprint density at radius 2 is 1.82 bits per heavy atom. The lowest BCUT2D eigenvalue weighted by Crippen LogP contribution is -2.26. The molecular formula is C28H27F2N3O5S. The standard InChI is InChI=1S/C28H27F2N3O5S/c1-4-25-32-22-15-19(27(34)31-16-18-9-12-20(13-10-18)39(35,36)5-2)11-14-23(22)33(25)17(3)21-7-6-8-24-26(21)38-28(29,30)37-24/h6-15,17H,4-5,16H2,1-3H3,(H,31,34). The number of hydrogen-bond donors (Lipinski definition) is 1. The van der Waals surface area contributed by atoms with Crippen molar-refractivity contribution >= 4 is 26.8 Å². The average molecular weight is 556 g/mol. The van der Waals surface area contributed by atoms with Crippen molar-refractivity contribution < 1.29 is 31.5 Å². The minimum Gasteiger partial charge on any atom is -0.395 e. The molecule has 5 rings (SSSR count). The van der Waals surface area contributed by atoms with Crippen LogP contribution in [0.1, 0.15) is 54.1 Å². The van der Waals surface area contributed by atoms with Gasteiger partial charge in [-0.05, 0) is 48.9 Å². The number of carbonyl (C=O) groups is 1. The summed E-state index contributed by atoms with van der Waals surface area (Å²) >= 11 is 0. The van der Waals surface area contributed by atoms with Gasteiger partial charge in [0.2, 0.25) is 0 Å². The topological polar surface area (TPSA) is 99.5 Å². The molecule has 3 aromatic carbocycles. The summed E-state index contributed by atoms with van der Waals surface area (Å²) in [6.07, 6.45) is -3.15. The van der Waals surface area contributed by atoms with E-state index in [0.717, 1.165) is 16.9 Å². The van der Waals surface area contributed by atoms with Crippen LogP contribution in [0, 0.1) is 0 Å². The first-order valence-electron chi connectivity index (χ1n) is 12.5. The maximum atomic E-state index is 13.8. The predicted molar refractivity (Wildman–Crippen MR) is 141 cm³/mol. The van der Waals surface area contributed by atoms with Crippen molar-refractivity contribution in [2.45, 2.75) is 51.0 Å². The van der Waals surface area contributed by atoms with E-state index in [1.807, 2.05) is 18.4 Å². The van der Waals surface area contributed by atoms with Crippen molar-refractivity contribution in [3.05, 3.63) is 83.2 Å². The molecule has 1 atom stereocenters. The van der Waals surface area contributed by atoms with Crippen LogP contribution >= 0.6 is 0 Å². The number of alkyl halides is 2. The number of rotatable bonds is 8. The Bertz CT molecular complexity index is 1670. The molecule has 0 saturated heterocycles. The molecule has 39 heavy (non-hydrogen) atoms. The van der Waals surface area contributed by atoms with E-state index in [1.54, 1.807) is 49.4 Å². The summed E-state index contributed by atoms with van der Waals surface area (Å²) in [5, 5.41) is 2.85. The lowest BCUT2D eigenvalue weighted by molar-refractivity contribution is -0.287. The van der Waals surface area contributed by atoms with Gasteiger partial charge in [-0.1, -0.05) is 38.1 Å². The molecule has 0 saturated carbocycles. The zero-order chi connectivity index (χ0) is 27.9. The summed E-state index contributed by atoms with van der Waals surface area (Å²) in [7, 11) is -3.29. The van der Waals surface area contributed by atoms with Crippen molar-refractivity contribution in [2.24, 2.45) is 0 Å². The fourth-order valence-electron chi connectivity index (χ4n) is 4.70. The molecule has 11 heteroatoms. The van der Waals surface area contributed by atoms with Crippen molar-refractivity contribution in [1.82, 2.24) is 14.9 Å². The van der Waals surface area contributed by atoms with Crippen LogP contribution in [0.2, 0.25) is 0 Å². The van der Waals surface area contributed by atoms with Gasteiger partial charge in [0.1, 0.15) is 5.82 Å². The van der Waals surface area contributed by atoms with Crippen LogP contribution in [-0.2, 0) is 22.8 Å². The number of ether oxygens (including phenoxy) is 2. The maximum absolute atomic E-state index is 13.8. The molecule has 1 N–H and O–H groups in total. The summed E-state index contributed by atoms with van der Waals surface area (Å²) in [5.74, 6) is 0.408. The fraction of sp³-hybridized carbons (Fsp3) is 0.286. The Kier molecular flexibility index (Phi) is 6.79. The van der Waals surface area contributed by atoms with Crippen LogP contribution in [0.4, 0.5) is 8.78 Å². The van der Waals surface area contributed by atoms with Gasteiger partial charge in [0, 0.05) is 24.1 Å². The highest BCUT2D eigenvalue weighted by Gasteiger charge is 2.45. The maximum Gasteiger partial charge on any atom is 0.586 e. The second-order valence-electron chi connectivity index (χ2n) is 9.20. The molecule has 0 aliphatic carbocycles. The normalized spacial score (nSPS) is 14.9. The van der Waals surface area contributed by atoms with Crippen molar-refractivity contribution in [3.63, 3.8) is 0 Å². The monoisotopic (exact) mass is 555 g/mol.